The van der Waals surface area contributed by atoms with Gasteiger partial charge in [-0.05, 0) is 56.0 Å². The quantitative estimate of drug-likeness (QED) is 0.459. The number of phenols is 1. The highest BCUT2D eigenvalue weighted by Crippen LogP contribution is 2.26. The molecule has 142 valence electrons. The van der Waals surface area contributed by atoms with Crippen LogP contribution in [-0.2, 0) is 9.53 Å². The second kappa shape index (κ2) is 10.0. The summed E-state index contributed by atoms with van der Waals surface area (Å²) in [7, 11) is 0. The molecule has 0 saturated heterocycles. The van der Waals surface area contributed by atoms with Crippen molar-refractivity contribution in [3.05, 3.63) is 71.8 Å². The fraction of sp³-hybridized carbons (Fsp3) is 0.238. The fourth-order valence-corrected chi connectivity index (χ4v) is 2.50. The Morgan fingerprint density at radius 1 is 1.11 bits per heavy atom. The van der Waals surface area contributed by atoms with Crippen molar-refractivity contribution < 1.29 is 24.5 Å². The molecule has 6 heteroatoms. The van der Waals surface area contributed by atoms with Crippen molar-refractivity contribution >= 4 is 17.7 Å². The molecule has 0 bridgehead atoms. The van der Waals surface area contributed by atoms with E-state index in [0.717, 1.165) is 17.2 Å². The van der Waals surface area contributed by atoms with E-state index in [1.165, 1.54) is 12.1 Å². The van der Waals surface area contributed by atoms with Crippen LogP contribution in [0.1, 0.15) is 36.5 Å². The van der Waals surface area contributed by atoms with Gasteiger partial charge in [0.15, 0.2) is 0 Å². The molecule has 0 aliphatic heterocycles. The number of carboxylic acid groups (broad SMARTS) is 1. The van der Waals surface area contributed by atoms with E-state index in [9.17, 15) is 14.7 Å². The van der Waals surface area contributed by atoms with Crippen LogP contribution in [0.4, 0.5) is 10.5 Å². The molecular formula is C21H23NO5. The zero-order valence-corrected chi connectivity index (χ0v) is 15.1. The van der Waals surface area contributed by atoms with Crippen LogP contribution in [0.15, 0.2) is 60.7 Å². The Morgan fingerprint density at radius 3 is 2.41 bits per heavy atom. The number of carboxylic acids is 1. The van der Waals surface area contributed by atoms with Crippen LogP contribution in [0.2, 0.25) is 0 Å². The number of unbranched alkanes of at least 4 members (excludes halogenated alkanes) is 1. The Bertz CT molecular complexity index is 781. The number of benzene rings is 2. The maximum atomic E-state index is 12.3. The summed E-state index contributed by atoms with van der Waals surface area (Å²) in [5, 5.41) is 20.8. The van der Waals surface area contributed by atoms with Crippen molar-refractivity contribution in [2.45, 2.75) is 32.3 Å². The number of allylic oxidation sites excluding steroid dienone is 1. The minimum atomic E-state index is -0.987. The van der Waals surface area contributed by atoms with Gasteiger partial charge in [0.1, 0.15) is 11.9 Å². The maximum absolute atomic E-state index is 12.3. The predicted molar refractivity (Wildman–Crippen MR) is 103 cm³/mol. The Hall–Kier alpha value is -3.28. The summed E-state index contributed by atoms with van der Waals surface area (Å²) >= 11 is 0. The third-order valence-corrected chi connectivity index (χ3v) is 3.91. The smallest absolute Gasteiger partial charge is 0.412 e. The molecule has 2 aromatic rings. The fourth-order valence-electron chi connectivity index (χ4n) is 2.50. The van der Waals surface area contributed by atoms with Gasteiger partial charge in [0, 0.05) is 11.8 Å². The van der Waals surface area contributed by atoms with Crippen molar-refractivity contribution in [3.8, 4) is 5.75 Å². The summed E-state index contributed by atoms with van der Waals surface area (Å²) in [6.07, 6.45) is 3.32. The average Bonchev–Trinajstić information content (AvgIpc) is 2.63. The highest BCUT2D eigenvalue weighted by molar-refractivity contribution is 5.84. The third kappa shape index (κ3) is 7.23. The molecular weight excluding hydrogens is 346 g/mol. The Balaban J connectivity index is 1.99. The van der Waals surface area contributed by atoms with E-state index < -0.39 is 18.2 Å². The molecule has 3 N–H and O–H groups in total. The molecule has 27 heavy (non-hydrogen) atoms. The molecule has 6 nitrogen and oxygen atoms in total. The lowest BCUT2D eigenvalue weighted by Crippen LogP contribution is -2.17. The molecule has 0 saturated carbocycles. The number of aryl methyl sites for hydroxylation is 1. The number of ether oxygens (including phenoxy) is 1. The molecule has 0 aliphatic rings. The van der Waals surface area contributed by atoms with Crippen LogP contribution in [0.5, 0.6) is 5.75 Å². The molecule has 0 unspecified atom stereocenters. The number of carbonyl (C=O) groups is 2. The van der Waals surface area contributed by atoms with Gasteiger partial charge in [-0.3, -0.25) is 5.32 Å². The van der Waals surface area contributed by atoms with E-state index >= 15 is 0 Å². The molecule has 2 rings (SSSR count). The van der Waals surface area contributed by atoms with Crippen molar-refractivity contribution in [1.29, 1.82) is 0 Å². The van der Waals surface area contributed by atoms with Gasteiger partial charge in [0.25, 0.3) is 0 Å². The number of hydrogen-bond donors (Lipinski definition) is 3. The number of amides is 1. The highest BCUT2D eigenvalue weighted by atomic mass is 16.6. The topological polar surface area (TPSA) is 95.9 Å². The van der Waals surface area contributed by atoms with Crippen LogP contribution in [-0.4, -0.2) is 22.3 Å². The summed E-state index contributed by atoms with van der Waals surface area (Å²) in [5.41, 5.74) is 2.49. The van der Waals surface area contributed by atoms with E-state index in [-0.39, 0.29) is 5.75 Å². The zero-order valence-electron chi connectivity index (χ0n) is 15.1. The number of aromatic hydroxyl groups is 1. The molecule has 1 atom stereocenters. The zero-order chi connectivity index (χ0) is 19.6. The number of aliphatic carboxylic acids is 1. The van der Waals surface area contributed by atoms with Gasteiger partial charge in [-0.15, -0.1) is 0 Å². The Morgan fingerprint density at radius 2 is 1.78 bits per heavy atom. The van der Waals surface area contributed by atoms with Gasteiger partial charge >= 0.3 is 12.1 Å². The largest absolute Gasteiger partial charge is 0.508 e. The van der Waals surface area contributed by atoms with Crippen LogP contribution in [0.3, 0.4) is 0 Å². The van der Waals surface area contributed by atoms with Crippen LogP contribution in [0.25, 0.3) is 0 Å². The molecule has 2 aromatic carbocycles. The lowest BCUT2D eigenvalue weighted by Gasteiger charge is -2.18. The molecule has 0 fully saturated rings. The first-order valence-corrected chi connectivity index (χ1v) is 8.67. The van der Waals surface area contributed by atoms with E-state index in [1.54, 1.807) is 30.3 Å². The Kier molecular flexibility index (Phi) is 7.43. The van der Waals surface area contributed by atoms with Crippen LogP contribution >= 0.6 is 0 Å². The van der Waals surface area contributed by atoms with Gasteiger partial charge < -0.3 is 14.9 Å². The minimum Gasteiger partial charge on any atom is -0.508 e. The third-order valence-electron chi connectivity index (χ3n) is 3.91. The molecule has 0 heterocycles. The first-order chi connectivity index (χ1) is 12.9. The van der Waals surface area contributed by atoms with Crippen LogP contribution in [0, 0.1) is 6.92 Å². The standard InChI is InChI=1S/C21H23NO5/c1-15-7-11-17(12-8-15)22-21(26)27-19(5-3-2-4-6-20(24)25)16-9-13-18(23)14-10-16/h4,6-14,19,23H,2-3,5H2,1H3,(H,22,26)(H,24,25)/b6-4+/t19-/m1/s1. The second-order valence-electron chi connectivity index (χ2n) is 6.15. The van der Waals surface area contributed by atoms with Gasteiger partial charge in [-0.2, -0.15) is 0 Å². The molecule has 0 aromatic heterocycles. The van der Waals surface area contributed by atoms with E-state index in [4.69, 9.17) is 9.84 Å². The normalized spacial score (nSPS) is 11.9. The summed E-state index contributed by atoms with van der Waals surface area (Å²) < 4.78 is 5.57. The van der Waals surface area contributed by atoms with Gasteiger partial charge in [0.05, 0.1) is 0 Å². The number of nitrogens with one attached hydrogen (secondary N) is 1. The lowest BCUT2D eigenvalue weighted by atomic mass is 10.0. The summed E-state index contributed by atoms with van der Waals surface area (Å²) in [5.74, 6) is -0.857. The number of phenolic OH excluding ortho intramolecular Hbond substituents is 1. The summed E-state index contributed by atoms with van der Waals surface area (Å²) in [6, 6.07) is 13.8. The van der Waals surface area contributed by atoms with Gasteiger partial charge in [-0.25, -0.2) is 9.59 Å². The van der Waals surface area contributed by atoms with E-state index in [1.807, 2.05) is 19.1 Å². The molecule has 0 spiro atoms. The molecule has 0 radical (unpaired) electrons. The number of rotatable bonds is 8. The summed E-state index contributed by atoms with van der Waals surface area (Å²) in [6.45, 7) is 1.96. The van der Waals surface area contributed by atoms with Crippen molar-refractivity contribution in [2.24, 2.45) is 0 Å². The first kappa shape index (κ1) is 20.0. The highest BCUT2D eigenvalue weighted by Gasteiger charge is 2.17. The first-order valence-electron chi connectivity index (χ1n) is 8.67. The van der Waals surface area contributed by atoms with Crippen molar-refractivity contribution in [2.75, 3.05) is 5.32 Å². The number of hydrogen-bond acceptors (Lipinski definition) is 4. The van der Waals surface area contributed by atoms with E-state index in [0.29, 0.717) is 24.9 Å². The Labute approximate surface area is 158 Å². The average molecular weight is 369 g/mol. The number of carbonyl (C=O) groups excluding carboxylic acids is 1. The summed E-state index contributed by atoms with van der Waals surface area (Å²) in [4.78, 5) is 22.8. The van der Waals surface area contributed by atoms with Crippen molar-refractivity contribution in [1.82, 2.24) is 0 Å². The van der Waals surface area contributed by atoms with Gasteiger partial charge in [0.2, 0.25) is 0 Å². The van der Waals surface area contributed by atoms with Crippen molar-refractivity contribution in [3.63, 3.8) is 0 Å². The second-order valence-corrected chi connectivity index (χ2v) is 6.15. The van der Waals surface area contributed by atoms with Crippen LogP contribution < -0.4 is 5.32 Å². The lowest BCUT2D eigenvalue weighted by molar-refractivity contribution is -0.131. The predicted octanol–water partition coefficient (Wildman–Crippen LogP) is 4.80. The van der Waals surface area contributed by atoms with E-state index in [2.05, 4.69) is 5.32 Å². The van der Waals surface area contributed by atoms with Gasteiger partial charge in [-0.1, -0.05) is 35.9 Å². The minimum absolute atomic E-state index is 0.131. The number of anilines is 1. The maximum Gasteiger partial charge on any atom is 0.412 e. The molecule has 0 aliphatic carbocycles. The molecule has 1 amide bonds. The SMILES string of the molecule is Cc1ccc(NC(=O)O[C@H](CCC/C=C/C(=O)O)c2ccc(O)cc2)cc1. The monoisotopic (exact) mass is 369 g/mol.